The third-order valence-corrected chi connectivity index (χ3v) is 4.49. The first-order valence-electron chi connectivity index (χ1n) is 8.82. The summed E-state index contributed by atoms with van der Waals surface area (Å²) in [5, 5.41) is 12.2. The summed E-state index contributed by atoms with van der Waals surface area (Å²) in [5.41, 5.74) is 0.552. The van der Waals surface area contributed by atoms with Crippen LogP contribution in [-0.4, -0.2) is 53.1 Å². The standard InChI is InChI=1S/C18H21N5O5/c1-11(24)19-15-16(22-28-21-15)20-17(25)12-6-8-23(9-7-12)18(26)13-4-3-5-14(10-13)27-2/h3-5,10,12H,6-9H2,1-2H3,(H,19,21,24)(H,20,22,25). The Bertz CT molecular complexity index is 873. The third-order valence-electron chi connectivity index (χ3n) is 4.49. The summed E-state index contributed by atoms with van der Waals surface area (Å²) in [7, 11) is 1.55. The first kappa shape index (κ1) is 19.3. The van der Waals surface area contributed by atoms with Crippen LogP contribution in [0.1, 0.15) is 30.1 Å². The van der Waals surface area contributed by atoms with Crippen LogP contribution in [0.25, 0.3) is 0 Å². The van der Waals surface area contributed by atoms with Crippen LogP contribution < -0.4 is 15.4 Å². The number of carbonyl (C=O) groups excluding carboxylic acids is 3. The minimum Gasteiger partial charge on any atom is -0.497 e. The molecule has 1 aromatic carbocycles. The number of hydrogen-bond donors (Lipinski definition) is 2. The lowest BCUT2D eigenvalue weighted by molar-refractivity contribution is -0.121. The lowest BCUT2D eigenvalue weighted by atomic mass is 9.95. The van der Waals surface area contributed by atoms with Crippen LogP contribution in [0.4, 0.5) is 11.6 Å². The van der Waals surface area contributed by atoms with Gasteiger partial charge in [-0.05, 0) is 41.4 Å². The van der Waals surface area contributed by atoms with E-state index in [1.165, 1.54) is 6.92 Å². The van der Waals surface area contributed by atoms with Crippen LogP contribution in [0.2, 0.25) is 0 Å². The summed E-state index contributed by atoms with van der Waals surface area (Å²) in [4.78, 5) is 38.0. The summed E-state index contributed by atoms with van der Waals surface area (Å²) < 4.78 is 9.71. The molecule has 3 amide bonds. The maximum atomic E-state index is 12.6. The normalized spacial score (nSPS) is 14.4. The quantitative estimate of drug-likeness (QED) is 0.796. The fourth-order valence-electron chi connectivity index (χ4n) is 3.02. The number of nitrogens with one attached hydrogen (secondary N) is 2. The predicted molar refractivity (Wildman–Crippen MR) is 98.9 cm³/mol. The van der Waals surface area contributed by atoms with Crippen LogP contribution in [0.3, 0.4) is 0 Å². The van der Waals surface area contributed by atoms with Crippen molar-refractivity contribution in [1.29, 1.82) is 0 Å². The van der Waals surface area contributed by atoms with Crippen molar-refractivity contribution < 1.29 is 23.7 Å². The Morgan fingerprint density at radius 3 is 2.46 bits per heavy atom. The van der Waals surface area contributed by atoms with Crippen LogP contribution in [0, 0.1) is 5.92 Å². The molecule has 3 rings (SSSR count). The first-order chi connectivity index (χ1) is 13.5. The number of amides is 3. The van der Waals surface area contributed by atoms with Gasteiger partial charge in [0.15, 0.2) is 0 Å². The van der Waals surface area contributed by atoms with Crippen molar-refractivity contribution in [1.82, 2.24) is 15.2 Å². The molecule has 10 nitrogen and oxygen atoms in total. The fourth-order valence-corrected chi connectivity index (χ4v) is 3.02. The highest BCUT2D eigenvalue weighted by atomic mass is 16.6. The Kier molecular flexibility index (Phi) is 5.87. The Morgan fingerprint density at radius 1 is 1.14 bits per heavy atom. The minimum atomic E-state index is -0.351. The molecule has 0 atom stereocenters. The Hall–Kier alpha value is -3.43. The number of methoxy groups -OCH3 is 1. The highest BCUT2D eigenvalue weighted by molar-refractivity contribution is 5.98. The predicted octanol–water partition coefficient (Wildman–Crippen LogP) is 1.53. The molecule has 10 heteroatoms. The fraction of sp³-hybridized carbons (Fsp3) is 0.389. The maximum Gasteiger partial charge on any atom is 0.253 e. The molecule has 2 N–H and O–H groups in total. The molecule has 28 heavy (non-hydrogen) atoms. The zero-order valence-corrected chi connectivity index (χ0v) is 15.6. The summed E-state index contributed by atoms with van der Waals surface area (Å²) in [5.74, 6) is -0.230. The van der Waals surface area contributed by atoms with Gasteiger partial charge in [-0.15, -0.1) is 0 Å². The number of ether oxygens (including phenoxy) is 1. The van der Waals surface area contributed by atoms with Crippen molar-refractivity contribution in [2.45, 2.75) is 19.8 Å². The van der Waals surface area contributed by atoms with Gasteiger partial charge in [0.2, 0.25) is 23.5 Å². The van der Waals surface area contributed by atoms with E-state index in [1.54, 1.807) is 36.3 Å². The number of piperidine rings is 1. The summed E-state index contributed by atoms with van der Waals surface area (Å²) >= 11 is 0. The van der Waals surface area contributed by atoms with Gasteiger partial charge in [0.05, 0.1) is 7.11 Å². The molecule has 0 bridgehead atoms. The second kappa shape index (κ2) is 8.51. The molecule has 0 radical (unpaired) electrons. The van der Waals surface area contributed by atoms with E-state index in [9.17, 15) is 14.4 Å². The van der Waals surface area contributed by atoms with Gasteiger partial charge < -0.3 is 20.3 Å². The zero-order valence-electron chi connectivity index (χ0n) is 15.6. The van der Waals surface area contributed by atoms with Gasteiger partial charge in [-0.1, -0.05) is 6.07 Å². The van der Waals surface area contributed by atoms with E-state index in [2.05, 4.69) is 25.6 Å². The second-order valence-corrected chi connectivity index (χ2v) is 6.43. The van der Waals surface area contributed by atoms with Crippen molar-refractivity contribution in [2.24, 2.45) is 5.92 Å². The smallest absolute Gasteiger partial charge is 0.253 e. The lowest BCUT2D eigenvalue weighted by Gasteiger charge is -2.31. The van der Waals surface area contributed by atoms with Gasteiger partial charge in [0.1, 0.15) is 5.75 Å². The lowest BCUT2D eigenvalue weighted by Crippen LogP contribution is -2.41. The molecule has 148 valence electrons. The summed E-state index contributed by atoms with van der Waals surface area (Å²) in [6.45, 7) is 2.24. The number of nitrogens with zero attached hydrogens (tertiary/aromatic N) is 3. The highest BCUT2D eigenvalue weighted by Crippen LogP contribution is 2.23. The molecule has 1 aliphatic rings. The Balaban J connectivity index is 1.56. The molecule has 1 aromatic heterocycles. The molecule has 0 saturated carbocycles. The van der Waals surface area contributed by atoms with Crippen molar-refractivity contribution in [2.75, 3.05) is 30.8 Å². The largest absolute Gasteiger partial charge is 0.497 e. The van der Waals surface area contributed by atoms with Crippen LogP contribution in [0.15, 0.2) is 28.9 Å². The molecule has 2 heterocycles. The number of benzene rings is 1. The van der Waals surface area contributed by atoms with Crippen molar-refractivity contribution in [3.05, 3.63) is 29.8 Å². The van der Waals surface area contributed by atoms with E-state index in [4.69, 9.17) is 4.74 Å². The van der Waals surface area contributed by atoms with Crippen LogP contribution >= 0.6 is 0 Å². The summed E-state index contributed by atoms with van der Waals surface area (Å²) in [6.07, 6.45) is 1.03. The second-order valence-electron chi connectivity index (χ2n) is 6.43. The van der Waals surface area contributed by atoms with Gasteiger partial charge in [-0.2, -0.15) is 0 Å². The highest BCUT2D eigenvalue weighted by Gasteiger charge is 2.29. The number of carbonyl (C=O) groups is 3. The number of hydrogen-bond acceptors (Lipinski definition) is 7. The topological polar surface area (TPSA) is 127 Å². The number of likely N-dealkylation sites (tertiary alicyclic amines) is 1. The molecule has 1 fully saturated rings. The van der Waals surface area contributed by atoms with Crippen molar-refractivity contribution in [3.63, 3.8) is 0 Å². The summed E-state index contributed by atoms with van der Waals surface area (Å²) in [6, 6.07) is 6.99. The molecule has 2 aromatic rings. The number of anilines is 2. The van der Waals surface area contributed by atoms with Gasteiger partial charge in [-0.3, -0.25) is 14.4 Å². The SMILES string of the molecule is COc1cccc(C(=O)N2CCC(C(=O)Nc3nonc3NC(C)=O)CC2)c1. The minimum absolute atomic E-state index is 0.0616. The molecule has 0 spiro atoms. The first-order valence-corrected chi connectivity index (χ1v) is 8.82. The van der Waals surface area contributed by atoms with E-state index < -0.39 is 0 Å². The van der Waals surface area contributed by atoms with Gasteiger partial charge in [-0.25, -0.2) is 4.63 Å². The zero-order chi connectivity index (χ0) is 20.1. The Morgan fingerprint density at radius 2 is 1.82 bits per heavy atom. The molecule has 0 aliphatic carbocycles. The molecular formula is C18H21N5O5. The van der Waals surface area contributed by atoms with E-state index >= 15 is 0 Å². The molecule has 1 aliphatic heterocycles. The molecule has 1 saturated heterocycles. The van der Waals surface area contributed by atoms with Crippen molar-refractivity contribution in [3.8, 4) is 5.75 Å². The Labute approximate surface area is 161 Å². The monoisotopic (exact) mass is 387 g/mol. The number of aromatic nitrogens is 2. The molecule has 0 unspecified atom stereocenters. The third kappa shape index (κ3) is 4.45. The maximum absolute atomic E-state index is 12.6. The average Bonchev–Trinajstić information content (AvgIpc) is 3.13. The van der Waals surface area contributed by atoms with Crippen LogP contribution in [-0.2, 0) is 9.59 Å². The van der Waals surface area contributed by atoms with Crippen molar-refractivity contribution >= 4 is 29.4 Å². The van der Waals surface area contributed by atoms with Gasteiger partial charge in [0.25, 0.3) is 5.91 Å². The van der Waals surface area contributed by atoms with Crippen LogP contribution in [0.5, 0.6) is 5.75 Å². The number of rotatable bonds is 5. The van der Waals surface area contributed by atoms with E-state index in [-0.39, 0.29) is 35.3 Å². The van der Waals surface area contributed by atoms with Gasteiger partial charge >= 0.3 is 0 Å². The van der Waals surface area contributed by atoms with E-state index in [0.717, 1.165) is 0 Å². The van der Waals surface area contributed by atoms with Gasteiger partial charge in [0, 0.05) is 31.5 Å². The van der Waals surface area contributed by atoms with E-state index in [1.807, 2.05) is 0 Å². The average molecular weight is 387 g/mol. The molecular weight excluding hydrogens is 366 g/mol. The van der Waals surface area contributed by atoms with E-state index in [0.29, 0.717) is 37.2 Å².